The summed E-state index contributed by atoms with van der Waals surface area (Å²) in [5, 5.41) is 10.6. The van der Waals surface area contributed by atoms with Crippen molar-refractivity contribution in [1.82, 2.24) is 0 Å². The molecule has 0 spiro atoms. The number of benzene rings is 1. The fourth-order valence-corrected chi connectivity index (χ4v) is 1.17. The molecule has 0 bridgehead atoms. The molecule has 0 fully saturated rings. The fourth-order valence-electron chi connectivity index (χ4n) is 1.17. The van der Waals surface area contributed by atoms with Crippen molar-refractivity contribution in [3.8, 4) is 17.2 Å². The molecule has 15 heavy (non-hydrogen) atoms. The maximum atomic E-state index is 10.6. The monoisotopic (exact) mass is 213 g/mol. The largest absolute Gasteiger partial charge is 0.492 e. The van der Waals surface area contributed by atoms with Crippen LogP contribution in [0.1, 0.15) is 0 Å². The first kappa shape index (κ1) is 11.1. The lowest BCUT2D eigenvalue weighted by Crippen LogP contribution is -1.97. The number of hydrogen-bond acceptors (Lipinski definition) is 5. The molecule has 1 aromatic rings. The van der Waals surface area contributed by atoms with Gasteiger partial charge in [-0.3, -0.25) is 10.1 Å². The van der Waals surface area contributed by atoms with Gasteiger partial charge < -0.3 is 14.2 Å². The molecule has 6 heteroatoms. The van der Waals surface area contributed by atoms with Crippen LogP contribution in [0.15, 0.2) is 12.1 Å². The minimum Gasteiger partial charge on any atom is -0.492 e. The highest BCUT2D eigenvalue weighted by Crippen LogP contribution is 2.40. The Morgan fingerprint density at radius 3 is 1.80 bits per heavy atom. The summed E-state index contributed by atoms with van der Waals surface area (Å²) in [6, 6.07) is 2.56. The Kier molecular flexibility index (Phi) is 3.33. The smallest absolute Gasteiger partial charge is 0.277 e. The van der Waals surface area contributed by atoms with Crippen molar-refractivity contribution >= 4 is 5.69 Å². The van der Waals surface area contributed by atoms with Gasteiger partial charge in [0.05, 0.1) is 38.4 Å². The number of ether oxygens (including phenoxy) is 3. The molecule has 6 nitrogen and oxygen atoms in total. The molecule has 0 aromatic heterocycles. The molecule has 82 valence electrons. The molecule has 0 aliphatic heterocycles. The highest BCUT2D eigenvalue weighted by Gasteiger charge is 2.18. The predicted molar refractivity (Wildman–Crippen MR) is 52.8 cm³/mol. The van der Waals surface area contributed by atoms with Crippen molar-refractivity contribution in [2.24, 2.45) is 0 Å². The quantitative estimate of drug-likeness (QED) is 0.561. The van der Waals surface area contributed by atoms with Crippen LogP contribution < -0.4 is 14.2 Å². The Morgan fingerprint density at radius 2 is 1.53 bits per heavy atom. The number of methoxy groups -OCH3 is 3. The van der Waals surface area contributed by atoms with Gasteiger partial charge in [-0.25, -0.2) is 0 Å². The summed E-state index contributed by atoms with van der Waals surface area (Å²) in [4.78, 5) is 10.1. The zero-order valence-corrected chi connectivity index (χ0v) is 8.64. The van der Waals surface area contributed by atoms with Crippen LogP contribution in [0.2, 0.25) is 0 Å². The van der Waals surface area contributed by atoms with E-state index in [2.05, 4.69) is 0 Å². The van der Waals surface area contributed by atoms with Gasteiger partial charge in [0, 0.05) is 0 Å². The molecule has 0 unspecified atom stereocenters. The van der Waals surface area contributed by atoms with E-state index in [1.165, 1.54) is 33.5 Å². The SMILES string of the molecule is COc1cc([N+](=O)[O-])cc(OC)c1OC. The maximum absolute atomic E-state index is 10.6. The lowest BCUT2D eigenvalue weighted by atomic mass is 10.2. The van der Waals surface area contributed by atoms with E-state index in [0.717, 1.165) is 0 Å². The van der Waals surface area contributed by atoms with Crippen LogP contribution in [0.25, 0.3) is 0 Å². The Bertz CT molecular complexity index is 352. The van der Waals surface area contributed by atoms with Crippen molar-refractivity contribution in [3.05, 3.63) is 22.2 Å². The Hall–Kier alpha value is -1.98. The fraction of sp³-hybridized carbons (Fsp3) is 0.333. The summed E-state index contributed by atoms with van der Waals surface area (Å²) in [5.41, 5.74) is -0.107. The van der Waals surface area contributed by atoms with E-state index in [1.807, 2.05) is 0 Å². The van der Waals surface area contributed by atoms with Crippen molar-refractivity contribution in [3.63, 3.8) is 0 Å². The molecule has 0 saturated carbocycles. The van der Waals surface area contributed by atoms with Gasteiger partial charge in [-0.2, -0.15) is 0 Å². The maximum Gasteiger partial charge on any atom is 0.277 e. The van der Waals surface area contributed by atoms with Crippen LogP contribution in [-0.4, -0.2) is 26.3 Å². The van der Waals surface area contributed by atoms with Crippen LogP contribution in [0.3, 0.4) is 0 Å². The van der Waals surface area contributed by atoms with Crippen molar-refractivity contribution < 1.29 is 19.1 Å². The second-order valence-electron chi connectivity index (χ2n) is 2.64. The van der Waals surface area contributed by atoms with E-state index in [9.17, 15) is 10.1 Å². The second-order valence-corrected chi connectivity index (χ2v) is 2.64. The molecule has 1 rings (SSSR count). The summed E-state index contributed by atoms with van der Waals surface area (Å²) in [6.07, 6.45) is 0. The Morgan fingerprint density at radius 1 is 1.07 bits per heavy atom. The number of non-ortho nitro benzene ring substituents is 1. The van der Waals surface area contributed by atoms with Gasteiger partial charge in [0.1, 0.15) is 0 Å². The number of nitrogens with zero attached hydrogens (tertiary/aromatic N) is 1. The zero-order chi connectivity index (χ0) is 11.4. The Balaban J connectivity index is 3.35. The summed E-state index contributed by atoms with van der Waals surface area (Å²) >= 11 is 0. The lowest BCUT2D eigenvalue weighted by molar-refractivity contribution is -0.385. The van der Waals surface area contributed by atoms with Gasteiger partial charge >= 0.3 is 0 Å². The van der Waals surface area contributed by atoms with Crippen LogP contribution in [0.5, 0.6) is 17.2 Å². The van der Waals surface area contributed by atoms with E-state index in [-0.39, 0.29) is 17.2 Å². The van der Waals surface area contributed by atoms with Crippen molar-refractivity contribution in [1.29, 1.82) is 0 Å². The standard InChI is InChI=1S/C9H11NO5/c1-13-7-4-6(10(11)12)5-8(14-2)9(7)15-3/h4-5H,1-3H3. The minimum absolute atomic E-state index is 0.107. The van der Waals surface area contributed by atoms with Crippen LogP contribution >= 0.6 is 0 Å². The van der Waals surface area contributed by atoms with Crippen LogP contribution in [-0.2, 0) is 0 Å². The van der Waals surface area contributed by atoms with E-state index in [0.29, 0.717) is 5.75 Å². The third kappa shape index (κ3) is 2.09. The van der Waals surface area contributed by atoms with Gasteiger partial charge in [0.15, 0.2) is 11.5 Å². The van der Waals surface area contributed by atoms with E-state index < -0.39 is 4.92 Å². The predicted octanol–water partition coefficient (Wildman–Crippen LogP) is 1.62. The van der Waals surface area contributed by atoms with E-state index >= 15 is 0 Å². The third-order valence-electron chi connectivity index (χ3n) is 1.86. The number of nitro groups is 1. The van der Waals surface area contributed by atoms with Crippen molar-refractivity contribution in [2.45, 2.75) is 0 Å². The summed E-state index contributed by atoms with van der Waals surface area (Å²) in [6.45, 7) is 0. The van der Waals surface area contributed by atoms with E-state index in [1.54, 1.807) is 0 Å². The molecule has 0 saturated heterocycles. The average molecular weight is 213 g/mol. The molecule has 0 heterocycles. The highest BCUT2D eigenvalue weighted by atomic mass is 16.6. The molecule has 0 atom stereocenters. The Labute approximate surface area is 86.5 Å². The van der Waals surface area contributed by atoms with Gasteiger partial charge in [-0.05, 0) is 0 Å². The van der Waals surface area contributed by atoms with Gasteiger partial charge in [-0.1, -0.05) is 0 Å². The van der Waals surface area contributed by atoms with Gasteiger partial charge in [0.25, 0.3) is 5.69 Å². The number of nitro benzene ring substituents is 1. The first-order valence-electron chi connectivity index (χ1n) is 4.08. The molecule has 0 N–H and O–H groups in total. The highest BCUT2D eigenvalue weighted by molar-refractivity contribution is 5.58. The average Bonchev–Trinajstić information content (AvgIpc) is 2.26. The van der Waals surface area contributed by atoms with Crippen LogP contribution in [0, 0.1) is 10.1 Å². The van der Waals surface area contributed by atoms with Gasteiger partial charge in [0.2, 0.25) is 5.75 Å². The molecule has 1 aromatic carbocycles. The first-order valence-corrected chi connectivity index (χ1v) is 4.08. The summed E-state index contributed by atoms with van der Waals surface area (Å²) in [7, 11) is 4.24. The van der Waals surface area contributed by atoms with Crippen molar-refractivity contribution in [2.75, 3.05) is 21.3 Å². The minimum atomic E-state index is -0.523. The molecular weight excluding hydrogens is 202 g/mol. The molecule has 0 aliphatic rings. The molecule has 0 radical (unpaired) electrons. The normalized spacial score (nSPS) is 9.53. The lowest BCUT2D eigenvalue weighted by Gasteiger charge is -2.11. The summed E-state index contributed by atoms with van der Waals surface area (Å²) in [5.74, 6) is 0.873. The topological polar surface area (TPSA) is 70.8 Å². The first-order chi connectivity index (χ1) is 7.13. The molecular formula is C9H11NO5. The molecule has 0 amide bonds. The molecule has 0 aliphatic carbocycles. The number of hydrogen-bond donors (Lipinski definition) is 0. The third-order valence-corrected chi connectivity index (χ3v) is 1.86. The number of rotatable bonds is 4. The zero-order valence-electron chi connectivity index (χ0n) is 8.64. The second kappa shape index (κ2) is 4.50. The van der Waals surface area contributed by atoms with E-state index in [4.69, 9.17) is 14.2 Å². The van der Waals surface area contributed by atoms with Crippen LogP contribution in [0.4, 0.5) is 5.69 Å². The summed E-state index contributed by atoms with van der Waals surface area (Å²) < 4.78 is 14.9. The van der Waals surface area contributed by atoms with Gasteiger partial charge in [-0.15, -0.1) is 0 Å².